The van der Waals surface area contributed by atoms with Crippen molar-refractivity contribution in [3.8, 4) is 5.75 Å². The molecule has 0 aromatic heterocycles. The van der Waals surface area contributed by atoms with E-state index in [-0.39, 0.29) is 0 Å². The molecule has 1 saturated heterocycles. The predicted molar refractivity (Wildman–Crippen MR) is 144 cm³/mol. The average Bonchev–Trinajstić information content (AvgIpc) is 2.87. The van der Waals surface area contributed by atoms with Crippen LogP contribution >= 0.6 is 0 Å². The fourth-order valence-electron chi connectivity index (χ4n) is 5.77. The molecule has 0 spiro atoms. The van der Waals surface area contributed by atoms with E-state index in [0.717, 1.165) is 38.8 Å². The number of nitrogens with two attached hydrogens (primary N) is 1. The first-order valence-corrected chi connectivity index (χ1v) is 13.2. The van der Waals surface area contributed by atoms with Gasteiger partial charge in [-0.1, -0.05) is 62.4 Å². The maximum absolute atomic E-state index is 10.1. The van der Waals surface area contributed by atoms with Gasteiger partial charge in [-0.05, 0) is 91.0 Å². The molecule has 3 aromatic rings. The summed E-state index contributed by atoms with van der Waals surface area (Å²) in [5.41, 5.74) is 12.9. The maximum Gasteiger partial charge on any atom is 0.115 e. The third kappa shape index (κ3) is 5.47. The topological polar surface area (TPSA) is 49.5 Å². The van der Waals surface area contributed by atoms with Gasteiger partial charge in [0.1, 0.15) is 5.75 Å². The van der Waals surface area contributed by atoms with E-state index in [2.05, 4.69) is 65.6 Å². The van der Waals surface area contributed by atoms with Gasteiger partial charge in [0.15, 0.2) is 0 Å². The van der Waals surface area contributed by atoms with Crippen molar-refractivity contribution in [3.63, 3.8) is 0 Å². The first-order valence-electron chi connectivity index (χ1n) is 13.2. The molecule has 1 heterocycles. The summed E-state index contributed by atoms with van der Waals surface area (Å²) >= 11 is 0. The number of phenolic OH excluding ortho intramolecular Hbond substituents is 1. The first-order chi connectivity index (χ1) is 16.7. The Labute approximate surface area is 205 Å². The molecule has 5 rings (SSSR count). The first kappa shape index (κ1) is 24.3. The number of phenols is 1. The standard InChI is InChI=1S/C29H34N2O.C2H6/c30-24-8-4-18-31(19-5-9-24)25-13-10-22(11-14-25)29-27(21-6-2-1-3-7-21)16-12-23-20-26(32)15-17-28(23)29;1-2/h1-3,6-7,10-11,13-15,17,20,24,27,29,32H,4-5,8-9,12,16,18-19,30H2;1-2H3. The fraction of sp³-hybridized carbons (Fsp3) is 0.419. The lowest BCUT2D eigenvalue weighted by Crippen LogP contribution is -2.32. The van der Waals surface area contributed by atoms with Gasteiger partial charge in [-0.3, -0.25) is 0 Å². The van der Waals surface area contributed by atoms with Crippen LogP contribution in [0.15, 0.2) is 72.8 Å². The van der Waals surface area contributed by atoms with Crippen LogP contribution in [0.4, 0.5) is 5.69 Å². The van der Waals surface area contributed by atoms with Crippen molar-refractivity contribution in [3.05, 3.63) is 95.1 Å². The Bertz CT molecular complexity index is 1020. The fourth-order valence-corrected chi connectivity index (χ4v) is 5.77. The number of aromatic hydroxyl groups is 1. The molecule has 1 fully saturated rings. The number of benzene rings is 3. The van der Waals surface area contributed by atoms with Crippen LogP contribution in [0.25, 0.3) is 0 Å². The van der Waals surface area contributed by atoms with Gasteiger partial charge in [0.25, 0.3) is 0 Å². The average molecular weight is 457 g/mol. The molecular weight excluding hydrogens is 416 g/mol. The van der Waals surface area contributed by atoms with Crippen molar-refractivity contribution in [2.75, 3.05) is 18.0 Å². The van der Waals surface area contributed by atoms with E-state index < -0.39 is 0 Å². The highest BCUT2D eigenvalue weighted by Crippen LogP contribution is 2.47. The van der Waals surface area contributed by atoms with E-state index in [0.29, 0.717) is 23.6 Å². The molecule has 180 valence electrons. The van der Waals surface area contributed by atoms with Crippen molar-refractivity contribution in [2.24, 2.45) is 5.73 Å². The molecule has 0 radical (unpaired) electrons. The van der Waals surface area contributed by atoms with E-state index in [1.165, 1.54) is 40.8 Å². The second-order valence-electron chi connectivity index (χ2n) is 9.54. The van der Waals surface area contributed by atoms with Crippen LogP contribution in [0.5, 0.6) is 5.75 Å². The summed E-state index contributed by atoms with van der Waals surface area (Å²) in [4.78, 5) is 2.52. The van der Waals surface area contributed by atoms with Crippen molar-refractivity contribution in [1.29, 1.82) is 0 Å². The molecule has 3 aromatic carbocycles. The van der Waals surface area contributed by atoms with Gasteiger partial charge in [-0.15, -0.1) is 0 Å². The van der Waals surface area contributed by atoms with Crippen LogP contribution in [0, 0.1) is 0 Å². The number of fused-ring (bicyclic) bond motifs is 1. The maximum atomic E-state index is 10.1. The van der Waals surface area contributed by atoms with Crippen LogP contribution < -0.4 is 10.6 Å². The molecule has 0 amide bonds. The number of aryl methyl sites for hydroxylation is 1. The lowest BCUT2D eigenvalue weighted by molar-refractivity contribution is 0.469. The van der Waals surface area contributed by atoms with Gasteiger partial charge in [-0.2, -0.15) is 0 Å². The van der Waals surface area contributed by atoms with E-state index >= 15 is 0 Å². The Balaban J connectivity index is 0.00000133. The third-order valence-electron chi connectivity index (χ3n) is 7.44. The largest absolute Gasteiger partial charge is 0.508 e. The van der Waals surface area contributed by atoms with Gasteiger partial charge in [0, 0.05) is 30.7 Å². The van der Waals surface area contributed by atoms with Gasteiger partial charge in [0.2, 0.25) is 0 Å². The smallest absolute Gasteiger partial charge is 0.115 e. The number of anilines is 1. The summed E-state index contributed by atoms with van der Waals surface area (Å²) in [7, 11) is 0. The van der Waals surface area contributed by atoms with E-state index in [1.807, 2.05) is 26.0 Å². The highest BCUT2D eigenvalue weighted by molar-refractivity contribution is 5.52. The van der Waals surface area contributed by atoms with Crippen molar-refractivity contribution in [1.82, 2.24) is 0 Å². The predicted octanol–water partition coefficient (Wildman–Crippen LogP) is 6.99. The minimum absolute atomic E-state index is 0.307. The molecule has 2 atom stereocenters. The Kier molecular flexibility index (Phi) is 8.29. The molecule has 1 aliphatic heterocycles. The molecule has 34 heavy (non-hydrogen) atoms. The summed E-state index contributed by atoms with van der Waals surface area (Å²) in [5.74, 6) is 1.12. The number of rotatable bonds is 3. The number of hydrogen-bond donors (Lipinski definition) is 2. The highest BCUT2D eigenvalue weighted by Gasteiger charge is 2.32. The summed E-state index contributed by atoms with van der Waals surface area (Å²) < 4.78 is 0. The van der Waals surface area contributed by atoms with Crippen LogP contribution in [0.1, 0.15) is 80.0 Å². The van der Waals surface area contributed by atoms with Crippen LogP contribution in [0.3, 0.4) is 0 Å². The second kappa shape index (κ2) is 11.6. The second-order valence-corrected chi connectivity index (χ2v) is 9.54. The van der Waals surface area contributed by atoms with Crippen molar-refractivity contribution >= 4 is 5.69 Å². The molecule has 1 aliphatic carbocycles. The Morgan fingerprint density at radius 2 is 1.47 bits per heavy atom. The quantitative estimate of drug-likeness (QED) is 0.447. The lowest BCUT2D eigenvalue weighted by atomic mass is 9.69. The molecule has 0 bridgehead atoms. The molecule has 3 N–H and O–H groups in total. The SMILES string of the molecule is CC.NC1CCCN(c2ccc(C3c4ccc(O)cc4CCC3c3ccccc3)cc2)CCC1. The Hall–Kier alpha value is -2.78. The Morgan fingerprint density at radius 1 is 0.794 bits per heavy atom. The van der Waals surface area contributed by atoms with Crippen LogP contribution in [0.2, 0.25) is 0 Å². The zero-order chi connectivity index (χ0) is 23.9. The minimum Gasteiger partial charge on any atom is -0.508 e. The summed E-state index contributed by atoms with van der Waals surface area (Å²) in [5, 5.41) is 10.1. The van der Waals surface area contributed by atoms with Crippen molar-refractivity contribution < 1.29 is 5.11 Å². The summed E-state index contributed by atoms with van der Waals surface area (Å²) in [6.07, 6.45) is 6.68. The summed E-state index contributed by atoms with van der Waals surface area (Å²) in [6.45, 7) is 6.18. The summed E-state index contributed by atoms with van der Waals surface area (Å²) in [6, 6.07) is 26.5. The molecular formula is C31H40N2O. The highest BCUT2D eigenvalue weighted by atomic mass is 16.3. The molecule has 3 nitrogen and oxygen atoms in total. The van der Waals surface area contributed by atoms with Crippen LogP contribution in [-0.4, -0.2) is 24.2 Å². The van der Waals surface area contributed by atoms with E-state index in [1.54, 1.807) is 0 Å². The van der Waals surface area contributed by atoms with Gasteiger partial charge in [-0.25, -0.2) is 0 Å². The van der Waals surface area contributed by atoms with Crippen molar-refractivity contribution in [2.45, 2.75) is 70.3 Å². The molecule has 2 unspecified atom stereocenters. The van der Waals surface area contributed by atoms with Gasteiger partial charge in [0.05, 0.1) is 0 Å². The normalized spacial score (nSPS) is 21.0. The number of hydrogen-bond acceptors (Lipinski definition) is 3. The number of nitrogens with zero attached hydrogens (tertiary/aromatic N) is 1. The van der Waals surface area contributed by atoms with E-state index in [4.69, 9.17) is 5.73 Å². The molecule has 2 aliphatic rings. The van der Waals surface area contributed by atoms with Gasteiger partial charge < -0.3 is 15.7 Å². The minimum atomic E-state index is 0.307. The van der Waals surface area contributed by atoms with E-state index in [9.17, 15) is 5.11 Å². The lowest BCUT2D eigenvalue weighted by Gasteiger charge is -2.35. The Morgan fingerprint density at radius 3 is 2.15 bits per heavy atom. The zero-order valence-electron chi connectivity index (χ0n) is 20.8. The van der Waals surface area contributed by atoms with Crippen LogP contribution in [-0.2, 0) is 6.42 Å². The zero-order valence-corrected chi connectivity index (χ0v) is 20.8. The third-order valence-corrected chi connectivity index (χ3v) is 7.44. The monoisotopic (exact) mass is 456 g/mol. The molecule has 0 saturated carbocycles. The molecule has 3 heteroatoms. The van der Waals surface area contributed by atoms with Gasteiger partial charge >= 0.3 is 0 Å².